The molecule has 3 rings (SSSR count). The van der Waals surface area contributed by atoms with E-state index in [2.05, 4.69) is 34.3 Å². The maximum Gasteiger partial charge on any atom is 0.205 e. The Morgan fingerprint density at radius 1 is 1.35 bits per heavy atom. The fourth-order valence-corrected chi connectivity index (χ4v) is 4.02. The van der Waals surface area contributed by atoms with Gasteiger partial charge in [0.2, 0.25) is 5.13 Å². The molecule has 0 aliphatic carbocycles. The number of nitrogens with one attached hydrogen (secondary N) is 1. The number of nitrogens with two attached hydrogens (primary N) is 1. The molecule has 0 spiro atoms. The Bertz CT molecular complexity index is 722. The smallest absolute Gasteiger partial charge is 0.205 e. The number of nitrogens with zero attached hydrogens (tertiary/aromatic N) is 3. The van der Waals surface area contributed by atoms with Crippen molar-refractivity contribution < 1.29 is 4.74 Å². The van der Waals surface area contributed by atoms with Gasteiger partial charge in [-0.25, -0.2) is 4.98 Å². The average molecular weight is 374 g/mol. The van der Waals surface area contributed by atoms with E-state index in [1.165, 1.54) is 17.8 Å². The van der Waals surface area contributed by atoms with Crippen LogP contribution in [0.2, 0.25) is 0 Å². The molecule has 26 heavy (non-hydrogen) atoms. The summed E-state index contributed by atoms with van der Waals surface area (Å²) in [5.41, 5.74) is 9.43. The largest absolute Gasteiger partial charge is 0.492 e. The van der Waals surface area contributed by atoms with Gasteiger partial charge >= 0.3 is 0 Å². The van der Waals surface area contributed by atoms with Crippen molar-refractivity contribution in [3.63, 3.8) is 0 Å². The van der Waals surface area contributed by atoms with Crippen LogP contribution in [-0.2, 0) is 0 Å². The molecule has 1 saturated heterocycles. The van der Waals surface area contributed by atoms with Crippen molar-refractivity contribution in [3.8, 4) is 5.75 Å². The SMILES string of the molecule is CC1CC(C)CN(CCOc2ccccc2C=NNc2nc(N)cs2)C1. The maximum absolute atomic E-state index is 6.02. The zero-order valence-corrected chi connectivity index (χ0v) is 16.2. The van der Waals surface area contributed by atoms with Gasteiger partial charge in [-0.2, -0.15) is 5.10 Å². The van der Waals surface area contributed by atoms with E-state index >= 15 is 0 Å². The first kappa shape index (κ1) is 18.7. The van der Waals surface area contributed by atoms with Crippen molar-refractivity contribution in [2.45, 2.75) is 20.3 Å². The van der Waals surface area contributed by atoms with Crippen molar-refractivity contribution in [2.75, 3.05) is 37.4 Å². The van der Waals surface area contributed by atoms with Crippen LogP contribution in [0.15, 0.2) is 34.7 Å². The number of benzene rings is 1. The molecule has 1 aromatic carbocycles. The third-order valence-corrected chi connectivity index (χ3v) is 5.18. The van der Waals surface area contributed by atoms with Crippen LogP contribution in [0.1, 0.15) is 25.8 Å². The van der Waals surface area contributed by atoms with Crippen LogP contribution in [0.3, 0.4) is 0 Å². The minimum absolute atomic E-state index is 0.498. The quantitative estimate of drug-likeness (QED) is 0.574. The molecule has 2 atom stereocenters. The molecule has 0 amide bonds. The van der Waals surface area contributed by atoms with E-state index in [-0.39, 0.29) is 0 Å². The molecule has 0 bridgehead atoms. The van der Waals surface area contributed by atoms with Gasteiger partial charge in [-0.15, -0.1) is 11.3 Å². The molecule has 1 aliphatic heterocycles. The lowest BCUT2D eigenvalue weighted by molar-refractivity contribution is 0.120. The molecule has 0 saturated carbocycles. The Balaban J connectivity index is 1.52. The van der Waals surface area contributed by atoms with E-state index in [0.29, 0.717) is 17.6 Å². The summed E-state index contributed by atoms with van der Waals surface area (Å²) >= 11 is 1.42. The van der Waals surface area contributed by atoms with Crippen molar-refractivity contribution in [2.24, 2.45) is 16.9 Å². The topological polar surface area (TPSA) is 75.8 Å². The summed E-state index contributed by atoms with van der Waals surface area (Å²) in [5, 5.41) is 6.68. The number of hydrogen-bond acceptors (Lipinski definition) is 7. The predicted octanol–water partition coefficient (Wildman–Crippen LogP) is 3.53. The van der Waals surface area contributed by atoms with E-state index in [1.54, 1.807) is 11.6 Å². The second kappa shape index (κ2) is 9.00. The van der Waals surface area contributed by atoms with Gasteiger partial charge in [0.15, 0.2) is 0 Å². The highest BCUT2D eigenvalue weighted by Gasteiger charge is 2.21. The van der Waals surface area contributed by atoms with E-state index in [1.807, 2.05) is 24.3 Å². The highest BCUT2D eigenvalue weighted by Crippen LogP contribution is 2.21. The standard InChI is InChI=1S/C19H27N5OS/c1-14-9-15(2)12-24(11-14)7-8-25-17-6-4-3-5-16(17)10-21-23-19-22-18(20)13-26-19/h3-6,10,13-15H,7-9,11-12,20H2,1-2H3,(H,22,23). The number of piperidine rings is 1. The Kier molecular flexibility index (Phi) is 6.46. The first-order valence-corrected chi connectivity index (χ1v) is 9.92. The number of rotatable bonds is 7. The Morgan fingerprint density at radius 2 is 2.12 bits per heavy atom. The average Bonchev–Trinajstić information content (AvgIpc) is 3.01. The van der Waals surface area contributed by atoms with Crippen molar-refractivity contribution in [3.05, 3.63) is 35.2 Å². The highest BCUT2D eigenvalue weighted by atomic mass is 32.1. The first-order chi connectivity index (χ1) is 12.6. The van der Waals surface area contributed by atoms with Crippen LogP contribution < -0.4 is 15.9 Å². The van der Waals surface area contributed by atoms with E-state index in [0.717, 1.165) is 42.8 Å². The molecule has 2 heterocycles. The molecule has 1 fully saturated rings. The third kappa shape index (κ3) is 5.44. The van der Waals surface area contributed by atoms with E-state index in [9.17, 15) is 0 Å². The van der Waals surface area contributed by atoms with Crippen LogP contribution in [0.25, 0.3) is 0 Å². The maximum atomic E-state index is 6.02. The van der Waals surface area contributed by atoms with Crippen LogP contribution in [0, 0.1) is 11.8 Å². The van der Waals surface area contributed by atoms with Gasteiger partial charge in [-0.1, -0.05) is 26.0 Å². The molecule has 2 unspecified atom stereocenters. The lowest BCUT2D eigenvalue weighted by Gasteiger charge is -2.34. The fraction of sp³-hybridized carbons (Fsp3) is 0.474. The lowest BCUT2D eigenvalue weighted by Crippen LogP contribution is -2.40. The minimum atomic E-state index is 0.498. The van der Waals surface area contributed by atoms with Crippen LogP contribution >= 0.6 is 11.3 Å². The summed E-state index contributed by atoms with van der Waals surface area (Å²) < 4.78 is 6.02. The van der Waals surface area contributed by atoms with Gasteiger partial charge < -0.3 is 10.5 Å². The van der Waals surface area contributed by atoms with E-state index in [4.69, 9.17) is 10.5 Å². The van der Waals surface area contributed by atoms with Gasteiger partial charge in [0.1, 0.15) is 18.2 Å². The monoisotopic (exact) mass is 373 g/mol. The Hall–Kier alpha value is -2.12. The summed E-state index contributed by atoms with van der Waals surface area (Å²) in [7, 11) is 0. The molecule has 2 aromatic rings. The number of para-hydroxylation sites is 1. The Morgan fingerprint density at radius 3 is 2.85 bits per heavy atom. The lowest BCUT2D eigenvalue weighted by atomic mass is 9.92. The fourth-order valence-electron chi connectivity index (χ4n) is 3.47. The highest BCUT2D eigenvalue weighted by molar-refractivity contribution is 7.14. The minimum Gasteiger partial charge on any atom is -0.492 e. The molecule has 1 aromatic heterocycles. The second-order valence-corrected chi connectivity index (χ2v) is 7.90. The second-order valence-electron chi connectivity index (χ2n) is 7.04. The molecule has 6 nitrogen and oxygen atoms in total. The third-order valence-electron chi connectivity index (χ3n) is 4.41. The van der Waals surface area contributed by atoms with Gasteiger partial charge in [-0.05, 0) is 30.4 Å². The van der Waals surface area contributed by atoms with Crippen molar-refractivity contribution >= 4 is 28.5 Å². The molecular formula is C19H27N5OS. The molecule has 140 valence electrons. The predicted molar refractivity (Wildman–Crippen MR) is 109 cm³/mol. The van der Waals surface area contributed by atoms with E-state index < -0.39 is 0 Å². The number of anilines is 2. The molecule has 1 aliphatic rings. The number of aromatic nitrogens is 1. The normalized spacial score (nSPS) is 21.2. The number of ether oxygens (including phenoxy) is 1. The van der Waals surface area contributed by atoms with Crippen molar-refractivity contribution in [1.82, 2.24) is 9.88 Å². The van der Waals surface area contributed by atoms with Crippen LogP contribution in [-0.4, -0.2) is 42.3 Å². The summed E-state index contributed by atoms with van der Waals surface area (Å²) in [6.45, 7) is 8.63. The number of thiazole rings is 1. The van der Waals surface area contributed by atoms with Gasteiger partial charge in [0.25, 0.3) is 0 Å². The van der Waals surface area contributed by atoms with Crippen LogP contribution in [0.5, 0.6) is 5.75 Å². The number of likely N-dealkylation sites (tertiary alicyclic amines) is 1. The molecule has 7 heteroatoms. The molecule has 3 N–H and O–H groups in total. The van der Waals surface area contributed by atoms with Crippen LogP contribution in [0.4, 0.5) is 10.9 Å². The van der Waals surface area contributed by atoms with Gasteiger partial charge in [0, 0.05) is 30.6 Å². The summed E-state index contributed by atoms with van der Waals surface area (Å²) in [6, 6.07) is 7.92. The zero-order chi connectivity index (χ0) is 18.4. The van der Waals surface area contributed by atoms with Gasteiger partial charge in [-0.3, -0.25) is 10.3 Å². The van der Waals surface area contributed by atoms with Gasteiger partial charge in [0.05, 0.1) is 6.21 Å². The Labute approximate surface area is 159 Å². The molecule has 0 radical (unpaired) electrons. The number of hydrazone groups is 1. The summed E-state index contributed by atoms with van der Waals surface area (Å²) in [4.78, 5) is 6.62. The summed E-state index contributed by atoms with van der Waals surface area (Å²) in [5.74, 6) is 2.88. The van der Waals surface area contributed by atoms with Crippen molar-refractivity contribution in [1.29, 1.82) is 0 Å². The molecular weight excluding hydrogens is 346 g/mol. The zero-order valence-electron chi connectivity index (χ0n) is 15.4. The summed E-state index contributed by atoms with van der Waals surface area (Å²) in [6.07, 6.45) is 3.08. The number of nitrogen functional groups attached to an aromatic ring is 1. The first-order valence-electron chi connectivity index (χ1n) is 9.04. The number of hydrogen-bond donors (Lipinski definition) is 2.